The Morgan fingerprint density at radius 2 is 1.85 bits per heavy atom. The van der Waals surface area contributed by atoms with Gasteiger partial charge in [0.2, 0.25) is 0 Å². The molecule has 0 saturated carbocycles. The summed E-state index contributed by atoms with van der Waals surface area (Å²) in [5, 5.41) is 11.1. The second-order valence-corrected chi connectivity index (χ2v) is 2.72. The van der Waals surface area contributed by atoms with E-state index in [1.54, 1.807) is 24.5 Å². The van der Waals surface area contributed by atoms with Crippen LogP contribution in [0.5, 0.6) is 0 Å². The van der Waals surface area contributed by atoms with Gasteiger partial charge in [0, 0.05) is 18.0 Å². The molecule has 68 valence electrons. The van der Waals surface area contributed by atoms with Crippen molar-refractivity contribution in [2.24, 2.45) is 0 Å². The lowest BCUT2D eigenvalue weighted by Gasteiger charge is -2.12. The maximum atomic E-state index is 11.1. The normalized spacial score (nSPS) is 12.2. The van der Waals surface area contributed by atoms with Crippen LogP contribution in [0.25, 0.3) is 5.57 Å². The molecule has 1 rings (SSSR count). The van der Waals surface area contributed by atoms with Gasteiger partial charge in [-0.25, -0.2) is 0 Å². The second kappa shape index (κ2) is 3.85. The highest BCUT2D eigenvalue weighted by Gasteiger charge is 2.05. The Balaban J connectivity index is 3.20. The third-order valence-electron chi connectivity index (χ3n) is 1.67. The minimum absolute atomic E-state index is 0.210. The van der Waals surface area contributed by atoms with E-state index in [4.69, 9.17) is 0 Å². The van der Waals surface area contributed by atoms with Gasteiger partial charge in [0.05, 0.1) is 0 Å². The zero-order valence-electron chi connectivity index (χ0n) is 7.57. The van der Waals surface area contributed by atoms with Crippen LogP contribution in [0, 0.1) is 0 Å². The SMILES string of the molecule is CC(=O)/C(=C(/C)[O-])c1ccncc1. The third-order valence-corrected chi connectivity index (χ3v) is 1.67. The molecule has 13 heavy (non-hydrogen) atoms. The minimum atomic E-state index is -0.210. The smallest absolute Gasteiger partial charge is 0.159 e. The minimum Gasteiger partial charge on any atom is -0.875 e. The third kappa shape index (κ3) is 2.15. The summed E-state index contributed by atoms with van der Waals surface area (Å²) in [6.07, 6.45) is 3.11. The van der Waals surface area contributed by atoms with Crippen LogP contribution in [0.2, 0.25) is 0 Å². The van der Waals surface area contributed by atoms with Crippen LogP contribution in [0.3, 0.4) is 0 Å². The monoisotopic (exact) mass is 176 g/mol. The Hall–Kier alpha value is -1.64. The number of Topliss-reactive ketones (excluding diaryl/α,β-unsaturated/α-hetero) is 1. The molecule has 0 unspecified atom stereocenters. The predicted molar refractivity (Wildman–Crippen MR) is 47.5 cm³/mol. The fourth-order valence-electron chi connectivity index (χ4n) is 1.17. The first-order valence-corrected chi connectivity index (χ1v) is 3.92. The Kier molecular flexibility index (Phi) is 2.80. The lowest BCUT2D eigenvalue weighted by Crippen LogP contribution is -2.08. The molecule has 0 spiro atoms. The van der Waals surface area contributed by atoms with Crippen molar-refractivity contribution >= 4 is 11.4 Å². The fourth-order valence-corrected chi connectivity index (χ4v) is 1.17. The van der Waals surface area contributed by atoms with Crippen molar-refractivity contribution in [1.29, 1.82) is 0 Å². The number of carbonyl (C=O) groups excluding carboxylic acids is 1. The van der Waals surface area contributed by atoms with Crippen molar-refractivity contribution in [1.82, 2.24) is 4.98 Å². The van der Waals surface area contributed by atoms with Gasteiger partial charge in [-0.3, -0.25) is 9.78 Å². The first kappa shape index (κ1) is 9.45. The molecule has 0 saturated heterocycles. The number of pyridine rings is 1. The Bertz CT molecular complexity index is 337. The highest BCUT2D eigenvalue weighted by molar-refractivity contribution is 6.19. The standard InChI is InChI=1S/C10H11NO2/c1-7(12)10(8(2)13)9-3-5-11-6-4-9/h3-6,12H,1-2H3/p-1/b10-7+. The van der Waals surface area contributed by atoms with Gasteiger partial charge in [0.1, 0.15) is 0 Å². The van der Waals surface area contributed by atoms with E-state index in [-0.39, 0.29) is 17.1 Å². The van der Waals surface area contributed by atoms with Crippen LogP contribution in [0.4, 0.5) is 0 Å². The molecule has 0 aliphatic rings. The van der Waals surface area contributed by atoms with E-state index < -0.39 is 0 Å². The molecular formula is C10H10NO2-. The molecule has 0 aromatic carbocycles. The molecule has 0 N–H and O–H groups in total. The number of nitrogens with zero attached hydrogens (tertiary/aromatic N) is 1. The molecule has 0 amide bonds. The number of aromatic nitrogens is 1. The number of hydrogen-bond acceptors (Lipinski definition) is 3. The summed E-state index contributed by atoms with van der Waals surface area (Å²) < 4.78 is 0. The Morgan fingerprint density at radius 1 is 1.31 bits per heavy atom. The van der Waals surface area contributed by atoms with Gasteiger partial charge in [-0.2, -0.15) is 0 Å². The molecule has 0 bridgehead atoms. The maximum absolute atomic E-state index is 11.1. The number of allylic oxidation sites excluding steroid dienone is 2. The summed E-state index contributed by atoms with van der Waals surface area (Å²) in [6.45, 7) is 2.77. The van der Waals surface area contributed by atoms with Crippen molar-refractivity contribution in [2.75, 3.05) is 0 Å². The molecule has 1 heterocycles. The van der Waals surface area contributed by atoms with E-state index in [1.165, 1.54) is 13.8 Å². The van der Waals surface area contributed by atoms with E-state index >= 15 is 0 Å². The van der Waals surface area contributed by atoms with Gasteiger partial charge in [-0.1, -0.05) is 6.92 Å². The van der Waals surface area contributed by atoms with Gasteiger partial charge in [0.15, 0.2) is 5.78 Å². The van der Waals surface area contributed by atoms with Crippen LogP contribution in [-0.2, 0) is 4.79 Å². The molecule has 3 heteroatoms. The number of rotatable bonds is 2. The average Bonchev–Trinajstić information content (AvgIpc) is 2.04. The lowest BCUT2D eigenvalue weighted by atomic mass is 10.0. The van der Waals surface area contributed by atoms with Crippen LogP contribution in [-0.4, -0.2) is 10.8 Å². The molecule has 0 radical (unpaired) electrons. The van der Waals surface area contributed by atoms with Crippen molar-refractivity contribution in [3.8, 4) is 0 Å². The predicted octanol–water partition coefficient (Wildman–Crippen LogP) is 0.762. The topological polar surface area (TPSA) is 53.0 Å². The van der Waals surface area contributed by atoms with E-state index in [9.17, 15) is 9.90 Å². The number of carbonyl (C=O) groups is 1. The summed E-state index contributed by atoms with van der Waals surface area (Å²) >= 11 is 0. The Labute approximate surface area is 76.7 Å². The van der Waals surface area contributed by atoms with E-state index in [1.807, 2.05) is 0 Å². The van der Waals surface area contributed by atoms with Gasteiger partial charge >= 0.3 is 0 Å². The summed E-state index contributed by atoms with van der Waals surface area (Å²) in [7, 11) is 0. The van der Waals surface area contributed by atoms with Crippen molar-refractivity contribution < 1.29 is 9.90 Å². The molecule has 0 atom stereocenters. The quantitative estimate of drug-likeness (QED) is 0.494. The van der Waals surface area contributed by atoms with Gasteiger partial charge in [-0.05, 0) is 24.6 Å². The molecule has 1 aromatic rings. The summed E-state index contributed by atoms with van der Waals surface area (Å²) in [5.74, 6) is -0.419. The van der Waals surface area contributed by atoms with Crippen LogP contribution in [0.1, 0.15) is 19.4 Å². The maximum Gasteiger partial charge on any atom is 0.159 e. The van der Waals surface area contributed by atoms with E-state index in [0.29, 0.717) is 5.56 Å². The van der Waals surface area contributed by atoms with Crippen molar-refractivity contribution in [2.45, 2.75) is 13.8 Å². The molecule has 3 nitrogen and oxygen atoms in total. The van der Waals surface area contributed by atoms with Crippen molar-refractivity contribution in [3.05, 3.63) is 35.8 Å². The summed E-state index contributed by atoms with van der Waals surface area (Å²) in [6, 6.07) is 3.30. The zero-order valence-corrected chi connectivity index (χ0v) is 7.57. The van der Waals surface area contributed by atoms with Crippen LogP contribution < -0.4 is 5.11 Å². The molecule has 0 aliphatic heterocycles. The Morgan fingerprint density at radius 3 is 2.23 bits per heavy atom. The van der Waals surface area contributed by atoms with Crippen LogP contribution >= 0.6 is 0 Å². The number of ketones is 1. The van der Waals surface area contributed by atoms with Crippen LogP contribution in [0.15, 0.2) is 30.3 Å². The molecule has 1 aromatic heterocycles. The average molecular weight is 176 g/mol. The van der Waals surface area contributed by atoms with Gasteiger partial charge in [0.25, 0.3) is 0 Å². The molecular weight excluding hydrogens is 166 g/mol. The van der Waals surface area contributed by atoms with Gasteiger partial charge < -0.3 is 5.11 Å². The fraction of sp³-hybridized carbons (Fsp3) is 0.200. The summed E-state index contributed by atoms with van der Waals surface area (Å²) in [5.41, 5.74) is 0.873. The van der Waals surface area contributed by atoms with Crippen molar-refractivity contribution in [3.63, 3.8) is 0 Å². The highest BCUT2D eigenvalue weighted by Crippen LogP contribution is 2.15. The molecule has 0 fully saturated rings. The van der Waals surface area contributed by atoms with Gasteiger partial charge in [-0.15, -0.1) is 5.76 Å². The number of hydrogen-bond donors (Lipinski definition) is 0. The first-order chi connectivity index (χ1) is 6.13. The first-order valence-electron chi connectivity index (χ1n) is 3.92. The zero-order chi connectivity index (χ0) is 9.84. The highest BCUT2D eigenvalue weighted by atomic mass is 16.3. The largest absolute Gasteiger partial charge is 0.875 e. The van der Waals surface area contributed by atoms with E-state index in [2.05, 4.69) is 4.98 Å². The second-order valence-electron chi connectivity index (χ2n) is 2.72. The summed E-state index contributed by atoms with van der Waals surface area (Å²) in [4.78, 5) is 14.9. The van der Waals surface area contributed by atoms with E-state index in [0.717, 1.165) is 0 Å². The lowest BCUT2D eigenvalue weighted by molar-refractivity contribution is -0.300. The molecule has 0 aliphatic carbocycles.